The van der Waals surface area contributed by atoms with E-state index in [2.05, 4.69) is 37.1 Å². The van der Waals surface area contributed by atoms with Crippen LogP contribution in [0, 0.1) is 12.3 Å². The summed E-state index contributed by atoms with van der Waals surface area (Å²) in [5.41, 5.74) is 2.35. The average Bonchev–Trinajstić information content (AvgIpc) is 2.30. The van der Waals surface area contributed by atoms with Crippen LogP contribution in [-0.4, -0.2) is 23.7 Å². The van der Waals surface area contributed by atoms with E-state index in [9.17, 15) is 0 Å². The van der Waals surface area contributed by atoms with Gasteiger partial charge in [0.1, 0.15) is 0 Å². The molecule has 3 nitrogen and oxygen atoms in total. The van der Waals surface area contributed by atoms with E-state index >= 15 is 0 Å². The number of nitrogens with one attached hydrogen (secondary N) is 1. The third-order valence-electron chi connectivity index (χ3n) is 3.80. The average molecular weight is 234 g/mol. The van der Waals surface area contributed by atoms with Gasteiger partial charge in [0.2, 0.25) is 0 Å². The molecule has 1 N–H and O–H groups in total. The van der Waals surface area contributed by atoms with Crippen molar-refractivity contribution in [3.05, 3.63) is 24.0 Å². The summed E-state index contributed by atoms with van der Waals surface area (Å²) in [5.74, 6) is 0. The molecule has 1 aliphatic rings. The molecule has 1 saturated carbocycles. The smallest absolute Gasteiger partial charge is 0.0665 e. The zero-order valence-electron chi connectivity index (χ0n) is 11.2. The van der Waals surface area contributed by atoms with Crippen LogP contribution in [0.4, 0.5) is 5.69 Å². The van der Waals surface area contributed by atoms with Crippen molar-refractivity contribution in [3.8, 4) is 0 Å². The number of anilines is 1. The molecule has 0 saturated heterocycles. The molecule has 0 aromatic carbocycles. The predicted octanol–water partition coefficient (Wildman–Crippen LogP) is 3.01. The zero-order chi connectivity index (χ0) is 12.5. The maximum absolute atomic E-state index is 5.72. The van der Waals surface area contributed by atoms with Crippen molar-refractivity contribution in [2.24, 2.45) is 5.41 Å². The molecule has 1 aliphatic carbocycles. The lowest BCUT2D eigenvalue weighted by Gasteiger charge is -2.52. The van der Waals surface area contributed by atoms with Crippen LogP contribution < -0.4 is 5.32 Å². The lowest BCUT2D eigenvalue weighted by atomic mass is 9.64. The van der Waals surface area contributed by atoms with Gasteiger partial charge in [0.15, 0.2) is 0 Å². The number of aryl methyl sites for hydroxylation is 1. The second kappa shape index (κ2) is 4.65. The van der Waals surface area contributed by atoms with Gasteiger partial charge >= 0.3 is 0 Å². The first-order valence-corrected chi connectivity index (χ1v) is 6.35. The molecular formula is C14H22N2O. The number of hydrogen-bond acceptors (Lipinski definition) is 3. The third kappa shape index (κ3) is 2.44. The lowest BCUT2D eigenvalue weighted by Crippen LogP contribution is -2.58. The summed E-state index contributed by atoms with van der Waals surface area (Å²) in [4.78, 5) is 4.30. The first-order chi connectivity index (χ1) is 8.04. The number of aromatic nitrogens is 1. The first-order valence-electron chi connectivity index (χ1n) is 6.35. The molecular weight excluding hydrogens is 212 g/mol. The lowest BCUT2D eigenvalue weighted by molar-refractivity contribution is -0.0976. The Morgan fingerprint density at radius 3 is 2.76 bits per heavy atom. The fourth-order valence-electron chi connectivity index (χ4n) is 2.37. The molecule has 0 spiro atoms. The number of ether oxygens (including phenoxy) is 1. The van der Waals surface area contributed by atoms with E-state index in [-0.39, 0.29) is 5.41 Å². The monoisotopic (exact) mass is 234 g/mol. The van der Waals surface area contributed by atoms with Gasteiger partial charge in [-0.2, -0.15) is 0 Å². The molecule has 0 radical (unpaired) electrons. The van der Waals surface area contributed by atoms with Gasteiger partial charge in [0.25, 0.3) is 0 Å². The highest BCUT2D eigenvalue weighted by Gasteiger charge is 2.48. The molecule has 0 bridgehead atoms. The van der Waals surface area contributed by atoms with Crippen molar-refractivity contribution in [2.75, 3.05) is 11.9 Å². The minimum Gasteiger partial charge on any atom is -0.380 e. The fraction of sp³-hybridized carbons (Fsp3) is 0.643. The number of pyridine rings is 1. The van der Waals surface area contributed by atoms with Gasteiger partial charge in [-0.05, 0) is 32.4 Å². The van der Waals surface area contributed by atoms with Crippen LogP contribution in [0.2, 0.25) is 0 Å². The summed E-state index contributed by atoms with van der Waals surface area (Å²) in [6, 6.07) is 4.60. The summed E-state index contributed by atoms with van der Waals surface area (Å²) in [5, 5.41) is 3.54. The summed E-state index contributed by atoms with van der Waals surface area (Å²) in [6.45, 7) is 9.38. The molecule has 0 aliphatic heterocycles. The Kier molecular flexibility index (Phi) is 3.38. The quantitative estimate of drug-likeness (QED) is 0.869. The van der Waals surface area contributed by atoms with Crippen molar-refractivity contribution >= 4 is 5.69 Å². The normalized spacial score (nSPS) is 26.4. The molecule has 1 heterocycles. The summed E-state index contributed by atoms with van der Waals surface area (Å²) in [7, 11) is 0. The minimum atomic E-state index is 0.195. The van der Waals surface area contributed by atoms with Crippen molar-refractivity contribution in [2.45, 2.75) is 46.3 Å². The van der Waals surface area contributed by atoms with E-state index in [4.69, 9.17) is 4.74 Å². The first kappa shape index (κ1) is 12.4. The molecule has 1 aromatic heterocycles. The topological polar surface area (TPSA) is 34.1 Å². The van der Waals surface area contributed by atoms with Crippen molar-refractivity contribution in [1.82, 2.24) is 4.98 Å². The van der Waals surface area contributed by atoms with E-state index in [1.807, 2.05) is 19.2 Å². The standard InChI is InChI=1S/C14H22N2O/c1-5-17-13-8-12(14(13,3)4)16-11-7-6-10(2)15-9-11/h6-7,9,12-13,16H,5,8H2,1-4H3. The second-order valence-corrected chi connectivity index (χ2v) is 5.39. The van der Waals surface area contributed by atoms with E-state index in [0.29, 0.717) is 12.1 Å². The molecule has 1 fully saturated rings. The van der Waals surface area contributed by atoms with Gasteiger partial charge in [-0.25, -0.2) is 0 Å². The molecule has 3 heteroatoms. The summed E-state index contributed by atoms with van der Waals surface area (Å²) < 4.78 is 5.72. The Labute approximate surface area is 104 Å². The molecule has 0 amide bonds. The van der Waals surface area contributed by atoms with Crippen LogP contribution in [0.25, 0.3) is 0 Å². The molecule has 94 valence electrons. The van der Waals surface area contributed by atoms with Crippen LogP contribution in [0.1, 0.15) is 32.9 Å². The minimum absolute atomic E-state index is 0.195. The summed E-state index contributed by atoms with van der Waals surface area (Å²) >= 11 is 0. The van der Waals surface area contributed by atoms with Gasteiger partial charge in [-0.15, -0.1) is 0 Å². The van der Waals surface area contributed by atoms with E-state index < -0.39 is 0 Å². The third-order valence-corrected chi connectivity index (χ3v) is 3.80. The highest BCUT2D eigenvalue weighted by molar-refractivity contribution is 5.43. The predicted molar refractivity (Wildman–Crippen MR) is 70.2 cm³/mol. The van der Waals surface area contributed by atoms with Gasteiger partial charge in [-0.1, -0.05) is 13.8 Å². The Bertz CT molecular complexity index is 372. The Morgan fingerprint density at radius 1 is 1.47 bits per heavy atom. The Balaban J connectivity index is 1.95. The molecule has 2 unspecified atom stereocenters. The van der Waals surface area contributed by atoms with E-state index in [0.717, 1.165) is 24.4 Å². The van der Waals surface area contributed by atoms with Crippen molar-refractivity contribution in [3.63, 3.8) is 0 Å². The van der Waals surface area contributed by atoms with E-state index in [1.165, 1.54) is 0 Å². The molecule has 1 aromatic rings. The molecule has 17 heavy (non-hydrogen) atoms. The van der Waals surface area contributed by atoms with Gasteiger partial charge < -0.3 is 10.1 Å². The van der Waals surface area contributed by atoms with Crippen molar-refractivity contribution < 1.29 is 4.74 Å². The second-order valence-electron chi connectivity index (χ2n) is 5.39. The number of rotatable bonds is 4. The highest BCUT2D eigenvalue weighted by atomic mass is 16.5. The van der Waals surface area contributed by atoms with Crippen LogP contribution >= 0.6 is 0 Å². The van der Waals surface area contributed by atoms with Crippen LogP contribution in [0.15, 0.2) is 18.3 Å². The summed E-state index contributed by atoms with van der Waals surface area (Å²) in [6.07, 6.45) is 3.36. The highest BCUT2D eigenvalue weighted by Crippen LogP contribution is 2.44. The molecule has 2 rings (SSSR count). The van der Waals surface area contributed by atoms with Gasteiger partial charge in [-0.3, -0.25) is 4.98 Å². The van der Waals surface area contributed by atoms with E-state index in [1.54, 1.807) is 0 Å². The van der Waals surface area contributed by atoms with Gasteiger partial charge in [0.05, 0.1) is 18.0 Å². The van der Waals surface area contributed by atoms with Crippen LogP contribution in [0.3, 0.4) is 0 Å². The van der Waals surface area contributed by atoms with Crippen LogP contribution in [-0.2, 0) is 4.74 Å². The maximum atomic E-state index is 5.72. The number of hydrogen-bond donors (Lipinski definition) is 1. The largest absolute Gasteiger partial charge is 0.380 e. The van der Waals surface area contributed by atoms with Gasteiger partial charge in [0, 0.05) is 23.8 Å². The fourth-order valence-corrected chi connectivity index (χ4v) is 2.37. The van der Waals surface area contributed by atoms with Crippen LogP contribution in [0.5, 0.6) is 0 Å². The van der Waals surface area contributed by atoms with Crippen molar-refractivity contribution in [1.29, 1.82) is 0 Å². The number of nitrogens with zero attached hydrogens (tertiary/aromatic N) is 1. The molecule has 2 atom stereocenters. The SMILES string of the molecule is CCOC1CC(Nc2ccc(C)nc2)C1(C)C. The maximum Gasteiger partial charge on any atom is 0.0665 e. The Hall–Kier alpha value is -1.09. The zero-order valence-corrected chi connectivity index (χ0v) is 11.2. The Morgan fingerprint density at radius 2 is 2.24 bits per heavy atom.